The van der Waals surface area contributed by atoms with Crippen molar-refractivity contribution in [2.45, 2.75) is 0 Å². The molecule has 0 amide bonds. The lowest BCUT2D eigenvalue weighted by Crippen LogP contribution is -2.22. The zero-order valence-electron chi connectivity index (χ0n) is 30.2. The van der Waals surface area contributed by atoms with E-state index >= 15 is 4.79 Å². The van der Waals surface area contributed by atoms with Crippen LogP contribution in [-0.2, 0) is 0 Å². The quantitative estimate of drug-likeness (QED) is 0.167. The van der Waals surface area contributed by atoms with Gasteiger partial charge in [0.2, 0.25) is 0 Å². The number of hydrogen-bond donors (Lipinski definition) is 0. The van der Waals surface area contributed by atoms with Gasteiger partial charge in [0, 0.05) is 43.7 Å². The molecule has 0 aliphatic heterocycles. The highest BCUT2D eigenvalue weighted by atomic mass is 16.1. The average molecular weight is 717 g/mol. The maximum atomic E-state index is 15.2. The number of para-hydroxylation sites is 4. The van der Waals surface area contributed by atoms with Crippen LogP contribution in [0.4, 0.5) is 0 Å². The van der Waals surface area contributed by atoms with Crippen molar-refractivity contribution in [3.8, 4) is 22.7 Å². The molecule has 0 unspecified atom stereocenters. The van der Waals surface area contributed by atoms with Crippen molar-refractivity contribution in [3.63, 3.8) is 0 Å². The number of benzene rings is 9. The Hall–Kier alpha value is -7.63. The minimum atomic E-state index is -0.115. The third-order valence-electron chi connectivity index (χ3n) is 11.6. The first-order valence-corrected chi connectivity index (χ1v) is 19.0. The number of hydrogen-bond acceptors (Lipinski definition) is 1. The van der Waals surface area contributed by atoms with E-state index in [9.17, 15) is 0 Å². The number of imidazole rings is 1. The summed E-state index contributed by atoms with van der Waals surface area (Å²) in [4.78, 5) is 15.2. The normalized spacial score (nSPS) is 12.0. The van der Waals surface area contributed by atoms with Crippen molar-refractivity contribution in [1.29, 1.82) is 0 Å². The molecule has 5 heteroatoms. The van der Waals surface area contributed by atoms with Crippen molar-refractivity contribution in [2.75, 3.05) is 0 Å². The van der Waals surface area contributed by atoms with Crippen molar-refractivity contribution >= 4 is 76.2 Å². The summed E-state index contributed by atoms with van der Waals surface area (Å²) < 4.78 is 8.42. The van der Waals surface area contributed by atoms with Gasteiger partial charge < -0.3 is 9.13 Å². The largest absolute Gasteiger partial charge is 0.338 e. The fraction of sp³-hybridized carbons (Fsp3) is 0. The molecule has 0 bridgehead atoms. The Morgan fingerprint density at radius 1 is 0.232 bits per heavy atom. The molecule has 3 aromatic heterocycles. The molecule has 3 heterocycles. The second-order valence-electron chi connectivity index (χ2n) is 14.5. The van der Waals surface area contributed by atoms with E-state index in [0.717, 1.165) is 77.4 Å². The van der Waals surface area contributed by atoms with Gasteiger partial charge in [0.25, 0.3) is 0 Å². The highest BCUT2D eigenvalue weighted by molar-refractivity contribution is 6.24. The van der Waals surface area contributed by atoms with Crippen LogP contribution in [0.15, 0.2) is 199 Å². The Kier molecular flexibility index (Phi) is 6.42. The van der Waals surface area contributed by atoms with Gasteiger partial charge in [-0.15, -0.1) is 0 Å². The van der Waals surface area contributed by atoms with Crippen LogP contribution in [0, 0.1) is 0 Å². The molecule has 0 radical (unpaired) electrons. The van der Waals surface area contributed by atoms with Crippen molar-refractivity contribution in [1.82, 2.24) is 18.3 Å². The molecule has 0 atom stereocenters. The van der Waals surface area contributed by atoms with Crippen LogP contribution in [0.3, 0.4) is 0 Å². The average Bonchev–Trinajstić information content (AvgIpc) is 3.89. The summed E-state index contributed by atoms with van der Waals surface area (Å²) in [6.45, 7) is 0. The molecule has 56 heavy (non-hydrogen) atoms. The monoisotopic (exact) mass is 716 g/mol. The van der Waals surface area contributed by atoms with E-state index < -0.39 is 0 Å². The van der Waals surface area contributed by atoms with Gasteiger partial charge in [-0.3, -0.25) is 9.13 Å². The number of nitrogens with zero attached hydrogens (tertiary/aromatic N) is 4. The third kappa shape index (κ3) is 4.22. The van der Waals surface area contributed by atoms with Crippen molar-refractivity contribution in [3.05, 3.63) is 205 Å². The van der Waals surface area contributed by atoms with E-state index in [0.29, 0.717) is 0 Å². The first-order chi connectivity index (χ1) is 27.7. The fourth-order valence-electron chi connectivity index (χ4n) is 9.23. The molecular weight excluding hydrogens is 685 g/mol. The number of aromatic nitrogens is 4. The lowest BCUT2D eigenvalue weighted by Gasteiger charge is -2.12. The van der Waals surface area contributed by atoms with Crippen molar-refractivity contribution in [2.24, 2.45) is 0 Å². The van der Waals surface area contributed by atoms with Crippen molar-refractivity contribution < 1.29 is 0 Å². The van der Waals surface area contributed by atoms with Gasteiger partial charge in [-0.1, -0.05) is 121 Å². The fourth-order valence-corrected chi connectivity index (χ4v) is 9.23. The van der Waals surface area contributed by atoms with E-state index in [1.807, 2.05) is 9.13 Å². The van der Waals surface area contributed by atoms with Crippen LogP contribution in [0.2, 0.25) is 0 Å². The molecule has 0 spiro atoms. The third-order valence-corrected chi connectivity index (χ3v) is 11.6. The lowest BCUT2D eigenvalue weighted by molar-refractivity contribution is 0.931. The van der Waals surface area contributed by atoms with E-state index in [1.54, 1.807) is 0 Å². The molecule has 0 aliphatic rings. The van der Waals surface area contributed by atoms with Gasteiger partial charge in [0.1, 0.15) is 0 Å². The van der Waals surface area contributed by atoms with Crippen LogP contribution in [0.1, 0.15) is 0 Å². The molecule has 9 aromatic carbocycles. The van der Waals surface area contributed by atoms with Crippen LogP contribution >= 0.6 is 0 Å². The molecular formula is C51H32N4O. The standard InChI is InChI=1S/C51H32N4O/c56-51-54(35-29-25-33(26-30-35)52-45-21-9-5-15-39(45)40-16-6-10-22-46(40)52)49-43-19-3-1-13-37(43)38-14-2-4-20-44(38)50(49)55(51)36-31-27-34(28-32-36)53-47-23-11-7-17-41(47)42-18-8-12-24-48(42)53/h1-32H. The first-order valence-electron chi connectivity index (χ1n) is 19.0. The van der Waals surface area contributed by atoms with Crippen LogP contribution < -0.4 is 5.69 Å². The zero-order chi connectivity index (χ0) is 36.9. The van der Waals surface area contributed by atoms with Gasteiger partial charge in [-0.05, 0) is 83.6 Å². The first kappa shape index (κ1) is 30.8. The summed E-state index contributed by atoms with van der Waals surface area (Å²) in [5.74, 6) is 0. The van der Waals surface area contributed by atoms with Crippen LogP contribution in [-0.4, -0.2) is 18.3 Å². The summed E-state index contributed by atoms with van der Waals surface area (Å²) in [6.07, 6.45) is 0. The molecule has 12 rings (SSSR count). The molecule has 0 N–H and O–H groups in total. The van der Waals surface area contributed by atoms with Gasteiger partial charge in [0.15, 0.2) is 0 Å². The second-order valence-corrected chi connectivity index (χ2v) is 14.5. The molecule has 0 fully saturated rings. The molecule has 262 valence electrons. The summed E-state index contributed by atoms with van der Waals surface area (Å²) in [7, 11) is 0. The molecule has 12 aromatic rings. The molecule has 0 aliphatic carbocycles. The minimum absolute atomic E-state index is 0.115. The maximum Gasteiger partial charge on any atom is 0.338 e. The predicted octanol–water partition coefficient (Wildman–Crippen LogP) is 12.3. The van der Waals surface area contributed by atoms with Crippen LogP contribution in [0.25, 0.3) is 98.9 Å². The Morgan fingerprint density at radius 2 is 0.464 bits per heavy atom. The Bertz CT molecular complexity index is 3250. The number of fused-ring (bicyclic) bond motifs is 12. The van der Waals surface area contributed by atoms with E-state index in [-0.39, 0.29) is 5.69 Å². The van der Waals surface area contributed by atoms with Gasteiger partial charge in [0.05, 0.1) is 44.5 Å². The summed E-state index contributed by atoms with van der Waals surface area (Å²) >= 11 is 0. The summed E-state index contributed by atoms with van der Waals surface area (Å²) in [6, 6.07) is 67.9. The summed E-state index contributed by atoms with van der Waals surface area (Å²) in [5, 5.41) is 9.16. The number of rotatable bonds is 4. The van der Waals surface area contributed by atoms with Crippen LogP contribution in [0.5, 0.6) is 0 Å². The van der Waals surface area contributed by atoms with E-state index in [4.69, 9.17) is 0 Å². The Morgan fingerprint density at radius 3 is 0.768 bits per heavy atom. The molecule has 0 saturated heterocycles. The minimum Gasteiger partial charge on any atom is -0.309 e. The van der Waals surface area contributed by atoms with E-state index in [1.165, 1.54) is 21.5 Å². The second kappa shape index (κ2) is 11.7. The smallest absolute Gasteiger partial charge is 0.309 e. The van der Waals surface area contributed by atoms with Gasteiger partial charge >= 0.3 is 5.69 Å². The predicted molar refractivity (Wildman–Crippen MR) is 233 cm³/mol. The summed E-state index contributed by atoms with van der Waals surface area (Å²) in [5.41, 5.74) is 9.97. The Balaban J connectivity index is 1.10. The molecule has 0 saturated carbocycles. The highest BCUT2D eigenvalue weighted by Gasteiger charge is 2.23. The molecule has 5 nitrogen and oxygen atoms in total. The van der Waals surface area contributed by atoms with Gasteiger partial charge in [-0.25, -0.2) is 4.79 Å². The van der Waals surface area contributed by atoms with E-state index in [2.05, 4.69) is 203 Å². The maximum absolute atomic E-state index is 15.2. The topological polar surface area (TPSA) is 36.8 Å². The zero-order valence-corrected chi connectivity index (χ0v) is 30.2. The Labute approximate surface area is 320 Å². The SMILES string of the molecule is O=c1n(-c2ccc(-n3c4ccccc4c4ccccc43)cc2)c2c3ccccc3c3ccccc3c2n1-c1ccc(-n2c3ccccc3c3ccccc32)cc1. The highest BCUT2D eigenvalue weighted by Crippen LogP contribution is 2.38. The van der Waals surface area contributed by atoms with Gasteiger partial charge in [-0.2, -0.15) is 0 Å². The lowest BCUT2D eigenvalue weighted by atomic mass is 9.99.